The highest BCUT2D eigenvalue weighted by Gasteiger charge is 2.41. The Labute approximate surface area is 189 Å². The number of fused-ring (bicyclic) bond motifs is 1. The van der Waals surface area contributed by atoms with Crippen molar-refractivity contribution in [3.63, 3.8) is 0 Å². The van der Waals surface area contributed by atoms with E-state index in [9.17, 15) is 13.2 Å². The summed E-state index contributed by atoms with van der Waals surface area (Å²) < 4.78 is 44.3. The molecule has 1 saturated carbocycles. The van der Waals surface area contributed by atoms with Gasteiger partial charge < -0.3 is 9.47 Å². The molecule has 4 nitrogen and oxygen atoms in total. The van der Waals surface area contributed by atoms with Crippen molar-refractivity contribution in [2.24, 2.45) is 5.92 Å². The van der Waals surface area contributed by atoms with Gasteiger partial charge in [0.15, 0.2) is 5.69 Å². The molecule has 2 heterocycles. The monoisotopic (exact) mass is 448 g/mol. The van der Waals surface area contributed by atoms with Crippen molar-refractivity contribution in [1.29, 1.82) is 0 Å². The minimum atomic E-state index is -4.46. The summed E-state index contributed by atoms with van der Waals surface area (Å²) in [6.45, 7) is 11.5. The summed E-state index contributed by atoms with van der Waals surface area (Å²) >= 11 is 0. The first-order chi connectivity index (χ1) is 15.2. The third-order valence-electron chi connectivity index (χ3n) is 6.89. The molecule has 1 aliphatic heterocycles. The Kier molecular flexibility index (Phi) is 6.57. The van der Waals surface area contributed by atoms with Gasteiger partial charge >= 0.3 is 6.18 Å². The Balaban J connectivity index is 1.75. The fourth-order valence-corrected chi connectivity index (χ4v) is 5.40. The molecule has 4 rings (SSSR count). The molecule has 1 aromatic heterocycles. The Morgan fingerprint density at radius 2 is 1.75 bits per heavy atom. The van der Waals surface area contributed by atoms with Gasteiger partial charge in [0, 0.05) is 31.9 Å². The van der Waals surface area contributed by atoms with Crippen molar-refractivity contribution in [1.82, 2.24) is 14.5 Å². The molecule has 0 saturated heterocycles. The number of halogens is 3. The van der Waals surface area contributed by atoms with Crippen LogP contribution in [-0.4, -0.2) is 34.1 Å². The van der Waals surface area contributed by atoms with E-state index in [0.717, 1.165) is 48.3 Å². The first-order valence-corrected chi connectivity index (χ1v) is 11.9. The Morgan fingerprint density at radius 3 is 2.31 bits per heavy atom. The largest absolute Gasteiger partial charge is 0.435 e. The Bertz CT molecular complexity index is 936. The first kappa shape index (κ1) is 23.1. The lowest BCUT2D eigenvalue weighted by Gasteiger charge is -2.34. The minimum Gasteiger partial charge on any atom is -0.312 e. The van der Waals surface area contributed by atoms with E-state index in [1.54, 1.807) is 0 Å². The van der Waals surface area contributed by atoms with Gasteiger partial charge in [0.05, 0.1) is 5.69 Å². The fraction of sp³-hybridized carbons (Fsp3) is 0.640. The van der Waals surface area contributed by atoms with Gasteiger partial charge in [0.25, 0.3) is 0 Å². The van der Waals surface area contributed by atoms with E-state index in [4.69, 9.17) is 0 Å². The third-order valence-corrected chi connectivity index (χ3v) is 6.89. The van der Waals surface area contributed by atoms with Crippen molar-refractivity contribution in [3.05, 3.63) is 40.2 Å². The van der Waals surface area contributed by atoms with Crippen LogP contribution in [0.25, 0.3) is 0 Å². The maximum absolute atomic E-state index is 14.1. The number of alkyl halides is 3. The lowest BCUT2D eigenvalue weighted by atomic mass is 9.85. The molecule has 7 heteroatoms. The van der Waals surface area contributed by atoms with E-state index in [0.29, 0.717) is 37.2 Å². The highest BCUT2D eigenvalue weighted by molar-refractivity contribution is 5.68. The number of aryl methyl sites for hydroxylation is 3. The topological polar surface area (TPSA) is 24.3 Å². The highest BCUT2D eigenvalue weighted by Crippen LogP contribution is 2.40. The van der Waals surface area contributed by atoms with Crippen LogP contribution in [0.5, 0.6) is 0 Å². The zero-order valence-corrected chi connectivity index (χ0v) is 19.7. The van der Waals surface area contributed by atoms with Crippen LogP contribution in [0.4, 0.5) is 24.8 Å². The van der Waals surface area contributed by atoms with Crippen molar-refractivity contribution in [2.75, 3.05) is 24.5 Å². The second-order valence-electron chi connectivity index (χ2n) is 9.64. The van der Waals surface area contributed by atoms with Crippen molar-refractivity contribution in [2.45, 2.75) is 79.1 Å². The van der Waals surface area contributed by atoms with Crippen molar-refractivity contribution < 1.29 is 13.2 Å². The molecule has 32 heavy (non-hydrogen) atoms. The molecular weight excluding hydrogens is 413 g/mol. The van der Waals surface area contributed by atoms with Crippen molar-refractivity contribution in [3.8, 4) is 0 Å². The zero-order valence-electron chi connectivity index (χ0n) is 19.7. The lowest BCUT2D eigenvalue weighted by Crippen LogP contribution is -2.35. The zero-order chi connectivity index (χ0) is 23.0. The second kappa shape index (κ2) is 9.08. The van der Waals surface area contributed by atoms with Gasteiger partial charge in [-0.15, -0.1) is 0 Å². The molecule has 0 N–H and O–H groups in total. The molecule has 2 aromatic rings. The molecule has 1 fully saturated rings. The van der Waals surface area contributed by atoms with E-state index >= 15 is 0 Å². The van der Waals surface area contributed by atoms with E-state index in [2.05, 4.69) is 28.9 Å². The van der Waals surface area contributed by atoms with Crippen LogP contribution in [0.1, 0.15) is 67.1 Å². The Hall–Kier alpha value is -2.02. The predicted octanol–water partition coefficient (Wildman–Crippen LogP) is 6.38. The quantitative estimate of drug-likeness (QED) is 0.491. The molecule has 0 amide bonds. The summed E-state index contributed by atoms with van der Waals surface area (Å²) in [4.78, 5) is 8.46. The second-order valence-corrected chi connectivity index (χ2v) is 9.64. The standard InChI is InChI=1S/C25H35F3N4/c1-5-10-30(15-20-8-6-9-20)16-21-23(25(26,27)28)29-24-31(21)11-7-12-32(24)22-18(3)13-17(2)14-19(22)4/h13-14,20H,5-12,15-16H2,1-4H3. The van der Waals surface area contributed by atoms with Gasteiger partial charge in [-0.25, -0.2) is 4.98 Å². The molecule has 2 aliphatic rings. The lowest BCUT2D eigenvalue weighted by molar-refractivity contribution is -0.141. The molecular formula is C25H35F3N4. The average Bonchev–Trinajstić information content (AvgIpc) is 3.04. The number of anilines is 2. The molecule has 0 atom stereocenters. The van der Waals surface area contributed by atoms with Gasteiger partial charge in [0.1, 0.15) is 0 Å². The van der Waals surface area contributed by atoms with Gasteiger partial charge in [-0.1, -0.05) is 31.0 Å². The van der Waals surface area contributed by atoms with Gasteiger partial charge in [-0.3, -0.25) is 4.90 Å². The van der Waals surface area contributed by atoms with Crippen LogP contribution in [0.15, 0.2) is 12.1 Å². The molecule has 0 unspecified atom stereocenters. The summed E-state index contributed by atoms with van der Waals surface area (Å²) in [7, 11) is 0. The predicted molar refractivity (Wildman–Crippen MR) is 122 cm³/mol. The van der Waals surface area contributed by atoms with Crippen LogP contribution < -0.4 is 4.90 Å². The normalized spacial score (nSPS) is 17.1. The third kappa shape index (κ3) is 4.54. The summed E-state index contributed by atoms with van der Waals surface area (Å²) in [6, 6.07) is 4.19. The number of hydrogen-bond acceptors (Lipinski definition) is 3. The summed E-state index contributed by atoms with van der Waals surface area (Å²) in [5.41, 5.74) is 3.91. The number of aromatic nitrogens is 2. The molecule has 1 aliphatic carbocycles. The Morgan fingerprint density at radius 1 is 1.06 bits per heavy atom. The van der Waals surface area contributed by atoms with Gasteiger partial charge in [-0.2, -0.15) is 13.2 Å². The van der Waals surface area contributed by atoms with Crippen LogP contribution in [0.3, 0.4) is 0 Å². The summed E-state index contributed by atoms with van der Waals surface area (Å²) in [5.74, 6) is 1.06. The molecule has 0 radical (unpaired) electrons. The van der Waals surface area contributed by atoms with Crippen LogP contribution in [0, 0.1) is 26.7 Å². The minimum absolute atomic E-state index is 0.311. The smallest absolute Gasteiger partial charge is 0.312 e. The molecule has 1 aromatic carbocycles. The van der Waals surface area contributed by atoms with Crippen molar-refractivity contribution >= 4 is 11.6 Å². The van der Waals surface area contributed by atoms with E-state index < -0.39 is 11.9 Å². The number of hydrogen-bond donors (Lipinski definition) is 0. The van der Waals surface area contributed by atoms with E-state index in [1.807, 2.05) is 30.2 Å². The molecule has 0 spiro atoms. The van der Waals surface area contributed by atoms with E-state index in [1.165, 1.54) is 19.3 Å². The number of benzene rings is 1. The van der Waals surface area contributed by atoms with Gasteiger partial charge in [0.2, 0.25) is 5.95 Å². The van der Waals surface area contributed by atoms with Crippen LogP contribution in [0.2, 0.25) is 0 Å². The molecule has 0 bridgehead atoms. The maximum atomic E-state index is 14.1. The number of rotatable bonds is 7. The van der Waals surface area contributed by atoms with Crippen LogP contribution >= 0.6 is 0 Å². The van der Waals surface area contributed by atoms with Crippen LogP contribution in [-0.2, 0) is 19.3 Å². The number of nitrogens with zero attached hydrogens (tertiary/aromatic N) is 4. The highest BCUT2D eigenvalue weighted by atomic mass is 19.4. The number of imidazole rings is 1. The maximum Gasteiger partial charge on any atom is 0.435 e. The SMILES string of the molecule is CCCN(Cc1c(C(F)(F)F)nc2n1CCCN2c1c(C)cc(C)cc1C)CC1CCC1. The molecule has 176 valence electrons. The first-order valence-electron chi connectivity index (χ1n) is 11.9. The summed E-state index contributed by atoms with van der Waals surface area (Å²) in [5, 5.41) is 0. The average molecular weight is 449 g/mol. The van der Waals surface area contributed by atoms with E-state index in [-0.39, 0.29) is 0 Å². The summed E-state index contributed by atoms with van der Waals surface area (Å²) in [6.07, 6.45) is 0.898. The fourth-order valence-electron chi connectivity index (χ4n) is 5.40. The van der Waals surface area contributed by atoms with Gasteiger partial charge in [-0.05, 0) is 70.0 Å².